The van der Waals surface area contributed by atoms with E-state index in [2.05, 4.69) is 4.99 Å². The molecular formula is C18H15F3N3O2+. The van der Waals surface area contributed by atoms with E-state index in [9.17, 15) is 22.8 Å². The zero-order valence-electron chi connectivity index (χ0n) is 13.7. The molecule has 2 aromatic rings. The Morgan fingerprint density at radius 3 is 2.31 bits per heavy atom. The molecule has 0 spiro atoms. The summed E-state index contributed by atoms with van der Waals surface area (Å²) in [4.78, 5) is 28.8. The minimum Gasteiger partial charge on any atom is -0.318 e. The minimum atomic E-state index is -4.45. The van der Waals surface area contributed by atoms with E-state index in [0.717, 1.165) is 12.1 Å². The van der Waals surface area contributed by atoms with Crippen LogP contribution in [0.15, 0.2) is 53.5 Å². The maximum atomic E-state index is 12.8. The third-order valence-corrected chi connectivity index (χ3v) is 4.44. The van der Waals surface area contributed by atoms with Crippen molar-refractivity contribution in [3.05, 3.63) is 65.2 Å². The molecule has 0 saturated heterocycles. The molecule has 0 bridgehead atoms. The maximum Gasteiger partial charge on any atom is 0.426 e. The van der Waals surface area contributed by atoms with E-state index in [-0.39, 0.29) is 6.54 Å². The number of benzodiazepines with no additional fused rings is 1. The van der Waals surface area contributed by atoms with Crippen molar-refractivity contribution >= 4 is 23.3 Å². The number of carbonyl (C=O) groups excluding carboxylic acids is 2. The number of hydrogen-bond donors (Lipinski definition) is 1. The molecule has 3 amide bonds. The third-order valence-electron chi connectivity index (χ3n) is 4.44. The molecule has 2 N–H and O–H groups in total. The number of hydrogen-bond acceptors (Lipinski definition) is 3. The van der Waals surface area contributed by atoms with Gasteiger partial charge in [-0.3, -0.25) is 4.99 Å². The number of alkyl halides is 3. The van der Waals surface area contributed by atoms with Crippen LogP contribution < -0.4 is 10.2 Å². The van der Waals surface area contributed by atoms with Crippen molar-refractivity contribution in [3.8, 4) is 0 Å². The number of aliphatic imine (C=N–C) groups is 1. The number of urea groups is 1. The van der Waals surface area contributed by atoms with Crippen molar-refractivity contribution in [1.82, 2.24) is 4.48 Å². The standard InChI is InChI=1S/C18H14F3N3O2/c1-24(17(22)26)14-5-3-2-4-13(14)16(23-10-15(24)25)11-6-8-12(9-7-11)18(19,20)21/h2-9H,10H2,1H3,(H-,22,26)/p+1. The number of quaternary nitrogens is 1. The van der Waals surface area contributed by atoms with Crippen molar-refractivity contribution in [2.75, 3.05) is 13.6 Å². The monoisotopic (exact) mass is 362 g/mol. The van der Waals surface area contributed by atoms with Gasteiger partial charge in [-0.2, -0.15) is 13.2 Å². The van der Waals surface area contributed by atoms with Crippen LogP contribution in [0.5, 0.6) is 0 Å². The Labute approximate surface area is 147 Å². The van der Waals surface area contributed by atoms with E-state index >= 15 is 0 Å². The summed E-state index contributed by atoms with van der Waals surface area (Å²) in [5.41, 5.74) is 6.24. The van der Waals surface area contributed by atoms with Crippen molar-refractivity contribution in [3.63, 3.8) is 0 Å². The first-order chi connectivity index (χ1) is 12.2. The Morgan fingerprint density at radius 2 is 1.73 bits per heavy atom. The number of likely N-dealkylation sites (N-methyl/N-ethyl adjacent to an activating group) is 1. The van der Waals surface area contributed by atoms with E-state index in [1.807, 2.05) is 0 Å². The molecule has 26 heavy (non-hydrogen) atoms. The molecule has 1 unspecified atom stereocenters. The lowest BCUT2D eigenvalue weighted by molar-refractivity contribution is -0.137. The molecule has 1 atom stereocenters. The summed E-state index contributed by atoms with van der Waals surface area (Å²) in [6, 6.07) is 10.2. The topological polar surface area (TPSA) is 72.5 Å². The first-order valence-electron chi connectivity index (χ1n) is 7.67. The van der Waals surface area contributed by atoms with Gasteiger partial charge in [0, 0.05) is 11.6 Å². The zero-order valence-corrected chi connectivity index (χ0v) is 13.7. The summed E-state index contributed by atoms with van der Waals surface area (Å²) in [5.74, 6) is -0.521. The summed E-state index contributed by atoms with van der Waals surface area (Å²) >= 11 is 0. The van der Waals surface area contributed by atoms with Crippen LogP contribution in [-0.4, -0.2) is 31.2 Å². The SMILES string of the molecule is C[N+]1(C(N)=O)C(=O)CN=C(c2ccc(C(F)(F)F)cc2)c2ccccc21. The number of carbonyl (C=O) groups is 2. The van der Waals surface area contributed by atoms with Gasteiger partial charge < -0.3 is 5.73 Å². The third kappa shape index (κ3) is 2.78. The van der Waals surface area contributed by atoms with Crippen LogP contribution in [0.2, 0.25) is 0 Å². The number of para-hydroxylation sites is 1. The molecule has 1 aliphatic heterocycles. The van der Waals surface area contributed by atoms with E-state index in [0.29, 0.717) is 22.5 Å². The summed E-state index contributed by atoms with van der Waals surface area (Å²) in [6.45, 7) is -0.315. The van der Waals surface area contributed by atoms with Crippen LogP contribution in [0.4, 0.5) is 23.7 Å². The fourth-order valence-corrected chi connectivity index (χ4v) is 2.88. The largest absolute Gasteiger partial charge is 0.426 e. The maximum absolute atomic E-state index is 12.8. The second-order valence-corrected chi connectivity index (χ2v) is 6.00. The smallest absolute Gasteiger partial charge is 0.318 e. The van der Waals surface area contributed by atoms with Gasteiger partial charge in [-0.05, 0) is 18.2 Å². The average molecular weight is 362 g/mol. The van der Waals surface area contributed by atoms with Crippen LogP contribution in [0.1, 0.15) is 16.7 Å². The molecular weight excluding hydrogens is 347 g/mol. The molecule has 8 heteroatoms. The second-order valence-electron chi connectivity index (χ2n) is 6.00. The number of nitrogens with zero attached hydrogens (tertiary/aromatic N) is 2. The lowest BCUT2D eigenvalue weighted by atomic mass is 9.98. The van der Waals surface area contributed by atoms with Crippen molar-refractivity contribution in [2.24, 2.45) is 10.7 Å². The average Bonchev–Trinajstić information content (AvgIpc) is 2.71. The van der Waals surface area contributed by atoms with E-state index in [1.165, 1.54) is 19.2 Å². The Balaban J connectivity index is 2.17. The zero-order chi connectivity index (χ0) is 19.1. The fourth-order valence-electron chi connectivity index (χ4n) is 2.88. The number of fused-ring (bicyclic) bond motifs is 1. The number of benzene rings is 2. The second kappa shape index (κ2) is 6.06. The lowest BCUT2D eigenvalue weighted by Crippen LogP contribution is -2.59. The highest BCUT2D eigenvalue weighted by Gasteiger charge is 2.44. The fraction of sp³-hybridized carbons (Fsp3) is 0.167. The van der Waals surface area contributed by atoms with E-state index < -0.39 is 28.2 Å². The lowest BCUT2D eigenvalue weighted by Gasteiger charge is -2.26. The summed E-state index contributed by atoms with van der Waals surface area (Å²) in [7, 11) is 1.38. The van der Waals surface area contributed by atoms with Gasteiger partial charge in [0.1, 0.15) is 0 Å². The quantitative estimate of drug-likeness (QED) is 0.792. The van der Waals surface area contributed by atoms with Gasteiger partial charge in [0.25, 0.3) is 0 Å². The summed E-state index contributed by atoms with van der Waals surface area (Å²) in [5, 5.41) is 0. The molecule has 134 valence electrons. The highest BCUT2D eigenvalue weighted by molar-refractivity contribution is 6.21. The summed E-state index contributed by atoms with van der Waals surface area (Å²) in [6.07, 6.45) is -4.45. The Bertz CT molecular complexity index is 920. The molecule has 1 aliphatic rings. The van der Waals surface area contributed by atoms with E-state index in [1.54, 1.807) is 24.3 Å². The van der Waals surface area contributed by atoms with Crippen molar-refractivity contribution in [2.45, 2.75) is 6.18 Å². The minimum absolute atomic E-state index is 0.315. The Hall–Kier alpha value is -3.00. The Kier molecular flexibility index (Phi) is 4.15. The van der Waals surface area contributed by atoms with Gasteiger partial charge in [0.2, 0.25) is 0 Å². The molecule has 0 aromatic heterocycles. The van der Waals surface area contributed by atoms with Gasteiger partial charge in [0.15, 0.2) is 12.2 Å². The molecule has 1 heterocycles. The molecule has 0 saturated carbocycles. The van der Waals surface area contributed by atoms with Crippen LogP contribution in [0.25, 0.3) is 0 Å². The van der Waals surface area contributed by atoms with Crippen LogP contribution in [-0.2, 0) is 11.0 Å². The highest BCUT2D eigenvalue weighted by atomic mass is 19.4. The first kappa shape index (κ1) is 17.8. The van der Waals surface area contributed by atoms with Crippen LogP contribution >= 0.6 is 0 Å². The predicted molar refractivity (Wildman–Crippen MR) is 90.7 cm³/mol. The number of imide groups is 1. The Morgan fingerprint density at radius 1 is 1.12 bits per heavy atom. The van der Waals surface area contributed by atoms with Crippen LogP contribution in [0, 0.1) is 0 Å². The summed E-state index contributed by atoms with van der Waals surface area (Å²) < 4.78 is 37.6. The number of nitrogens with two attached hydrogens (primary N) is 1. The van der Waals surface area contributed by atoms with E-state index in [4.69, 9.17) is 5.73 Å². The predicted octanol–water partition coefficient (Wildman–Crippen LogP) is 3.10. The van der Waals surface area contributed by atoms with Gasteiger partial charge in [-0.1, -0.05) is 24.3 Å². The molecule has 0 aliphatic carbocycles. The molecule has 3 rings (SSSR count). The first-order valence-corrected chi connectivity index (χ1v) is 7.67. The highest BCUT2D eigenvalue weighted by Crippen LogP contribution is 2.33. The van der Waals surface area contributed by atoms with Crippen molar-refractivity contribution in [1.29, 1.82) is 0 Å². The van der Waals surface area contributed by atoms with Crippen molar-refractivity contribution < 1.29 is 22.8 Å². The van der Waals surface area contributed by atoms with Gasteiger partial charge in [-0.15, -0.1) is 4.48 Å². The molecule has 2 aromatic carbocycles. The van der Waals surface area contributed by atoms with Gasteiger partial charge in [0.05, 0.1) is 23.9 Å². The number of primary amides is 1. The molecule has 0 radical (unpaired) electrons. The number of rotatable bonds is 1. The normalized spacial score (nSPS) is 20.2. The van der Waals surface area contributed by atoms with Crippen LogP contribution in [0.3, 0.4) is 0 Å². The number of amides is 3. The van der Waals surface area contributed by atoms with Gasteiger partial charge in [-0.25, -0.2) is 9.59 Å². The van der Waals surface area contributed by atoms with Gasteiger partial charge >= 0.3 is 18.1 Å². The number of halogens is 3. The molecule has 5 nitrogen and oxygen atoms in total. The molecule has 0 fully saturated rings.